The van der Waals surface area contributed by atoms with Gasteiger partial charge in [0.1, 0.15) is 11.4 Å². The van der Waals surface area contributed by atoms with Gasteiger partial charge in [0.2, 0.25) is 0 Å². The number of rotatable bonds is 4. The minimum Gasteiger partial charge on any atom is -0.385 e. The maximum atomic E-state index is 12.0. The molecule has 20 heavy (non-hydrogen) atoms. The molecule has 1 aliphatic heterocycles. The topological polar surface area (TPSA) is 58.7 Å². The van der Waals surface area contributed by atoms with Gasteiger partial charge in [-0.05, 0) is 37.0 Å². The van der Waals surface area contributed by atoms with Crippen LogP contribution in [0.15, 0.2) is 17.6 Å². The SMILES string of the molecule is C=CCN1C(=O)N=C(N)C12CCC(C(C)(C)CC)CC2. The molecule has 0 bridgehead atoms. The number of hydrogen-bond donors (Lipinski definition) is 1. The highest BCUT2D eigenvalue weighted by Crippen LogP contribution is 2.46. The zero-order chi connectivity index (χ0) is 15.0. The molecule has 0 unspecified atom stereocenters. The lowest BCUT2D eigenvalue weighted by Crippen LogP contribution is -2.56. The van der Waals surface area contributed by atoms with E-state index in [1.54, 1.807) is 6.08 Å². The van der Waals surface area contributed by atoms with E-state index in [0.29, 0.717) is 23.7 Å². The number of hydrogen-bond acceptors (Lipinski definition) is 2. The molecule has 4 nitrogen and oxygen atoms in total. The Morgan fingerprint density at radius 1 is 1.50 bits per heavy atom. The second kappa shape index (κ2) is 5.23. The van der Waals surface area contributed by atoms with Crippen LogP contribution in [0.2, 0.25) is 0 Å². The molecular formula is C16H27N3O. The summed E-state index contributed by atoms with van der Waals surface area (Å²) in [6.45, 7) is 11.2. The van der Waals surface area contributed by atoms with E-state index in [9.17, 15) is 4.79 Å². The van der Waals surface area contributed by atoms with Crippen LogP contribution in [0.25, 0.3) is 0 Å². The Hall–Kier alpha value is -1.32. The normalized spacial score (nSPS) is 30.8. The van der Waals surface area contributed by atoms with Crippen LogP contribution in [0.5, 0.6) is 0 Å². The molecule has 112 valence electrons. The van der Waals surface area contributed by atoms with Crippen molar-refractivity contribution in [1.29, 1.82) is 0 Å². The fraction of sp³-hybridized carbons (Fsp3) is 0.750. The molecule has 0 aromatic heterocycles. The number of nitrogens with two attached hydrogens (primary N) is 1. The molecule has 1 spiro atoms. The first-order chi connectivity index (χ1) is 9.37. The molecule has 4 heteroatoms. The molecule has 0 atom stereocenters. The number of carbonyl (C=O) groups excluding carboxylic acids is 1. The number of urea groups is 1. The van der Waals surface area contributed by atoms with Gasteiger partial charge in [0.15, 0.2) is 0 Å². The van der Waals surface area contributed by atoms with E-state index in [2.05, 4.69) is 32.3 Å². The van der Waals surface area contributed by atoms with Gasteiger partial charge in [-0.2, -0.15) is 4.99 Å². The lowest BCUT2D eigenvalue weighted by atomic mass is 9.65. The molecule has 1 fully saturated rings. The van der Waals surface area contributed by atoms with Crippen LogP contribution in [-0.2, 0) is 0 Å². The Morgan fingerprint density at radius 2 is 2.10 bits per heavy atom. The average molecular weight is 277 g/mol. The molecule has 1 saturated carbocycles. The summed E-state index contributed by atoms with van der Waals surface area (Å²) in [6, 6.07) is -0.199. The highest BCUT2D eigenvalue weighted by Gasteiger charge is 2.50. The van der Waals surface area contributed by atoms with Crippen molar-refractivity contribution < 1.29 is 4.79 Å². The number of aliphatic imine (C=N–C) groups is 1. The van der Waals surface area contributed by atoms with Crippen molar-refractivity contribution in [2.75, 3.05) is 6.54 Å². The van der Waals surface area contributed by atoms with Crippen LogP contribution in [0.4, 0.5) is 4.79 Å². The predicted molar refractivity (Wildman–Crippen MR) is 82.7 cm³/mol. The number of nitrogens with zero attached hydrogens (tertiary/aromatic N) is 2. The molecule has 0 radical (unpaired) electrons. The average Bonchev–Trinajstić information content (AvgIpc) is 2.64. The molecule has 2 rings (SSSR count). The van der Waals surface area contributed by atoms with E-state index in [1.807, 2.05) is 4.90 Å². The third-order valence-corrected chi connectivity index (χ3v) is 5.58. The maximum absolute atomic E-state index is 12.0. The Balaban J connectivity index is 2.16. The smallest absolute Gasteiger partial charge is 0.346 e. The summed E-state index contributed by atoms with van der Waals surface area (Å²) in [6.07, 6.45) is 7.02. The van der Waals surface area contributed by atoms with Crippen molar-refractivity contribution in [3.05, 3.63) is 12.7 Å². The standard InChI is InChI=1S/C16H27N3O/c1-5-11-19-14(20)18-13(17)16(19)9-7-12(8-10-16)15(3,4)6-2/h5,12H,1,6-11H2,2-4H3,(H2,17,18,20). The zero-order valence-corrected chi connectivity index (χ0v) is 13.0. The van der Waals surface area contributed by atoms with Crippen LogP contribution < -0.4 is 5.73 Å². The number of carbonyl (C=O) groups is 1. The Bertz CT molecular complexity index is 431. The van der Waals surface area contributed by atoms with Crippen molar-refractivity contribution in [3.63, 3.8) is 0 Å². The summed E-state index contributed by atoms with van der Waals surface area (Å²) in [5.41, 5.74) is 6.11. The summed E-state index contributed by atoms with van der Waals surface area (Å²) in [5.74, 6) is 1.21. The summed E-state index contributed by atoms with van der Waals surface area (Å²) >= 11 is 0. The monoisotopic (exact) mass is 277 g/mol. The lowest BCUT2D eigenvalue weighted by molar-refractivity contribution is 0.0842. The van der Waals surface area contributed by atoms with E-state index in [0.717, 1.165) is 25.7 Å². The zero-order valence-electron chi connectivity index (χ0n) is 13.0. The first-order valence-electron chi connectivity index (χ1n) is 7.64. The quantitative estimate of drug-likeness (QED) is 0.801. The van der Waals surface area contributed by atoms with Crippen LogP contribution in [0.1, 0.15) is 52.9 Å². The van der Waals surface area contributed by atoms with Crippen LogP contribution in [-0.4, -0.2) is 28.9 Å². The second-order valence-electron chi connectivity index (χ2n) is 6.83. The van der Waals surface area contributed by atoms with Crippen molar-refractivity contribution in [2.45, 2.75) is 58.4 Å². The fourth-order valence-electron chi connectivity index (χ4n) is 3.66. The van der Waals surface area contributed by atoms with E-state index >= 15 is 0 Å². The Morgan fingerprint density at radius 3 is 2.60 bits per heavy atom. The minimum absolute atomic E-state index is 0.199. The van der Waals surface area contributed by atoms with E-state index in [1.165, 1.54) is 6.42 Å². The van der Waals surface area contributed by atoms with Gasteiger partial charge in [-0.3, -0.25) is 0 Å². The van der Waals surface area contributed by atoms with E-state index < -0.39 is 0 Å². The van der Waals surface area contributed by atoms with Gasteiger partial charge in [0.25, 0.3) is 0 Å². The van der Waals surface area contributed by atoms with Crippen molar-refractivity contribution >= 4 is 11.9 Å². The van der Waals surface area contributed by atoms with Gasteiger partial charge in [0, 0.05) is 6.54 Å². The predicted octanol–water partition coefficient (Wildman–Crippen LogP) is 3.33. The summed E-state index contributed by atoms with van der Waals surface area (Å²) < 4.78 is 0. The summed E-state index contributed by atoms with van der Waals surface area (Å²) in [7, 11) is 0. The molecular weight excluding hydrogens is 250 g/mol. The first kappa shape index (κ1) is 15.1. The van der Waals surface area contributed by atoms with Crippen molar-refractivity contribution in [2.24, 2.45) is 22.1 Å². The molecule has 1 aliphatic carbocycles. The maximum Gasteiger partial charge on any atom is 0.346 e. The largest absolute Gasteiger partial charge is 0.385 e. The minimum atomic E-state index is -0.342. The fourth-order valence-corrected chi connectivity index (χ4v) is 3.66. The highest BCUT2D eigenvalue weighted by atomic mass is 16.2. The van der Waals surface area contributed by atoms with Crippen LogP contribution >= 0.6 is 0 Å². The summed E-state index contributed by atoms with van der Waals surface area (Å²) in [5, 5.41) is 0. The van der Waals surface area contributed by atoms with Gasteiger partial charge in [-0.15, -0.1) is 6.58 Å². The van der Waals surface area contributed by atoms with Crippen molar-refractivity contribution in [1.82, 2.24) is 4.90 Å². The van der Waals surface area contributed by atoms with Gasteiger partial charge < -0.3 is 10.6 Å². The van der Waals surface area contributed by atoms with Crippen LogP contribution in [0.3, 0.4) is 0 Å². The van der Waals surface area contributed by atoms with Gasteiger partial charge in [0.05, 0.1) is 0 Å². The van der Waals surface area contributed by atoms with Gasteiger partial charge >= 0.3 is 6.03 Å². The molecule has 1 heterocycles. The molecule has 2 aliphatic rings. The number of amidine groups is 1. The molecule has 2 N–H and O–H groups in total. The third-order valence-electron chi connectivity index (χ3n) is 5.58. The van der Waals surface area contributed by atoms with E-state index in [4.69, 9.17) is 5.73 Å². The Labute approximate surface area is 122 Å². The van der Waals surface area contributed by atoms with Crippen molar-refractivity contribution in [3.8, 4) is 0 Å². The molecule has 0 aromatic rings. The Kier molecular flexibility index (Phi) is 3.94. The molecule has 2 amide bonds. The van der Waals surface area contributed by atoms with Gasteiger partial charge in [-0.25, -0.2) is 4.79 Å². The van der Waals surface area contributed by atoms with E-state index in [-0.39, 0.29) is 11.6 Å². The molecule has 0 aromatic carbocycles. The second-order valence-corrected chi connectivity index (χ2v) is 6.83. The third kappa shape index (κ3) is 2.25. The lowest BCUT2D eigenvalue weighted by Gasteiger charge is -2.46. The van der Waals surface area contributed by atoms with Crippen LogP contribution in [0, 0.1) is 11.3 Å². The van der Waals surface area contributed by atoms with Gasteiger partial charge in [-0.1, -0.05) is 33.3 Å². The summed E-state index contributed by atoms with van der Waals surface area (Å²) in [4.78, 5) is 17.8. The number of amides is 2. The highest BCUT2D eigenvalue weighted by molar-refractivity contribution is 6.05. The molecule has 0 saturated heterocycles. The first-order valence-corrected chi connectivity index (χ1v) is 7.64.